The van der Waals surface area contributed by atoms with E-state index in [-0.39, 0.29) is 0 Å². The molecule has 0 radical (unpaired) electrons. The Morgan fingerprint density at radius 1 is 1.44 bits per heavy atom. The number of halogens is 1. The molecular weight excluding hydrogens is 224 g/mol. The molecule has 0 spiro atoms. The smallest absolute Gasteiger partial charge is 0.157 e. The van der Waals surface area contributed by atoms with Crippen LogP contribution in [0, 0.1) is 5.92 Å². The quantitative estimate of drug-likeness (QED) is 0.798. The maximum absolute atomic E-state index is 5.84. The first-order valence-electron chi connectivity index (χ1n) is 5.71. The number of nitrogens with zero attached hydrogens (tertiary/aromatic N) is 2. The lowest BCUT2D eigenvalue weighted by Gasteiger charge is -2.21. The normalized spacial score (nSPS) is 18.6. The van der Waals surface area contributed by atoms with Crippen LogP contribution in [0.5, 0.6) is 0 Å². The molecule has 0 aromatic carbocycles. The Morgan fingerprint density at radius 3 is 2.81 bits per heavy atom. The van der Waals surface area contributed by atoms with Gasteiger partial charge in [-0.25, -0.2) is 9.97 Å². The monoisotopic (exact) mass is 240 g/mol. The molecule has 16 heavy (non-hydrogen) atoms. The summed E-state index contributed by atoms with van der Waals surface area (Å²) in [6.45, 7) is 2.17. The van der Waals surface area contributed by atoms with E-state index in [0.29, 0.717) is 28.6 Å². The second-order valence-corrected chi connectivity index (χ2v) is 4.76. The van der Waals surface area contributed by atoms with Crippen LogP contribution in [-0.2, 0) is 0 Å². The minimum Gasteiger partial charge on any atom is -0.393 e. The highest BCUT2D eigenvalue weighted by molar-refractivity contribution is 6.32. The minimum absolute atomic E-state index is 0.316. The lowest BCUT2D eigenvalue weighted by atomic mass is 10.00. The van der Waals surface area contributed by atoms with Gasteiger partial charge >= 0.3 is 0 Å². The van der Waals surface area contributed by atoms with Gasteiger partial charge in [0.05, 0.1) is 0 Å². The lowest BCUT2D eigenvalue weighted by Crippen LogP contribution is -2.25. The third-order valence-corrected chi connectivity index (χ3v) is 3.61. The van der Waals surface area contributed by atoms with Crippen LogP contribution in [0.1, 0.15) is 32.6 Å². The van der Waals surface area contributed by atoms with Crippen molar-refractivity contribution in [2.45, 2.75) is 38.6 Å². The molecule has 5 heteroatoms. The Bertz CT molecular complexity index is 363. The van der Waals surface area contributed by atoms with Crippen LogP contribution in [0.3, 0.4) is 0 Å². The third kappa shape index (κ3) is 2.38. The summed E-state index contributed by atoms with van der Waals surface area (Å²) in [6.07, 6.45) is 6.66. The van der Waals surface area contributed by atoms with E-state index < -0.39 is 0 Å². The Kier molecular flexibility index (Phi) is 3.49. The highest BCUT2D eigenvalue weighted by atomic mass is 35.5. The molecule has 4 nitrogen and oxygen atoms in total. The van der Waals surface area contributed by atoms with Crippen molar-refractivity contribution in [1.82, 2.24) is 9.97 Å². The molecule has 3 N–H and O–H groups in total. The van der Waals surface area contributed by atoms with Crippen LogP contribution in [0.25, 0.3) is 0 Å². The highest BCUT2D eigenvalue weighted by Crippen LogP contribution is 2.30. The number of nitrogens with one attached hydrogen (secondary N) is 1. The van der Waals surface area contributed by atoms with Crippen LogP contribution < -0.4 is 11.1 Å². The van der Waals surface area contributed by atoms with Gasteiger partial charge in [0, 0.05) is 6.04 Å². The van der Waals surface area contributed by atoms with E-state index in [1.54, 1.807) is 0 Å². The van der Waals surface area contributed by atoms with Crippen LogP contribution in [0.4, 0.5) is 11.5 Å². The van der Waals surface area contributed by atoms with Gasteiger partial charge in [0.15, 0.2) is 11.0 Å². The zero-order chi connectivity index (χ0) is 11.5. The summed E-state index contributed by atoms with van der Waals surface area (Å²) in [5.41, 5.74) is 6.25. The fourth-order valence-electron chi connectivity index (χ4n) is 2.28. The first-order valence-corrected chi connectivity index (χ1v) is 6.09. The maximum Gasteiger partial charge on any atom is 0.157 e. The summed E-state index contributed by atoms with van der Waals surface area (Å²) < 4.78 is 0. The molecule has 1 heterocycles. The zero-order valence-corrected chi connectivity index (χ0v) is 10.2. The second-order valence-electron chi connectivity index (χ2n) is 4.40. The summed E-state index contributed by atoms with van der Waals surface area (Å²) in [4.78, 5) is 7.95. The standard InChI is InChI=1S/C11H17ClN4/c1-7(8-4-2-3-5-8)16-11-9(13)10(12)14-6-15-11/h6-8H,2-5,13H2,1H3,(H,14,15,16). The summed E-state index contributed by atoms with van der Waals surface area (Å²) in [5, 5.41) is 3.65. The molecule has 1 aromatic rings. The Labute approximate surface area is 101 Å². The van der Waals surface area contributed by atoms with Crippen molar-refractivity contribution in [2.75, 3.05) is 11.1 Å². The van der Waals surface area contributed by atoms with Gasteiger partial charge in [0.25, 0.3) is 0 Å². The van der Waals surface area contributed by atoms with Crippen molar-refractivity contribution in [3.05, 3.63) is 11.5 Å². The number of hydrogen-bond acceptors (Lipinski definition) is 4. The molecule has 1 fully saturated rings. The predicted octanol–water partition coefficient (Wildman–Crippen LogP) is 2.70. The molecule has 0 amide bonds. The first-order chi connectivity index (χ1) is 7.68. The van der Waals surface area contributed by atoms with Crippen molar-refractivity contribution in [1.29, 1.82) is 0 Å². The molecule has 2 rings (SSSR count). The Hall–Kier alpha value is -1.03. The average Bonchev–Trinajstić information content (AvgIpc) is 2.78. The van der Waals surface area contributed by atoms with Gasteiger partial charge in [-0.2, -0.15) is 0 Å². The van der Waals surface area contributed by atoms with Crippen molar-refractivity contribution in [3.63, 3.8) is 0 Å². The molecule has 1 saturated carbocycles. The number of rotatable bonds is 3. The van der Waals surface area contributed by atoms with E-state index in [1.807, 2.05) is 0 Å². The zero-order valence-electron chi connectivity index (χ0n) is 9.41. The molecule has 1 aromatic heterocycles. The molecule has 1 atom stereocenters. The number of nitrogen functional groups attached to an aromatic ring is 1. The molecule has 88 valence electrons. The highest BCUT2D eigenvalue weighted by Gasteiger charge is 2.22. The van der Waals surface area contributed by atoms with E-state index in [9.17, 15) is 0 Å². The SMILES string of the molecule is CC(Nc1ncnc(Cl)c1N)C1CCCC1. The van der Waals surface area contributed by atoms with E-state index in [2.05, 4.69) is 22.2 Å². The molecule has 0 saturated heterocycles. The van der Waals surface area contributed by atoms with Crippen LogP contribution in [0.15, 0.2) is 6.33 Å². The van der Waals surface area contributed by atoms with Crippen molar-refractivity contribution < 1.29 is 0 Å². The number of hydrogen-bond donors (Lipinski definition) is 2. The second kappa shape index (κ2) is 4.87. The molecule has 1 aliphatic rings. The molecule has 0 bridgehead atoms. The average molecular weight is 241 g/mol. The van der Waals surface area contributed by atoms with Gasteiger partial charge in [0.2, 0.25) is 0 Å². The fourth-order valence-corrected chi connectivity index (χ4v) is 2.41. The van der Waals surface area contributed by atoms with Gasteiger partial charge in [-0.1, -0.05) is 24.4 Å². The maximum atomic E-state index is 5.84. The molecule has 0 aliphatic heterocycles. The van der Waals surface area contributed by atoms with Gasteiger partial charge in [-0.3, -0.25) is 0 Å². The molecular formula is C11H17ClN4. The van der Waals surface area contributed by atoms with Crippen LogP contribution in [-0.4, -0.2) is 16.0 Å². The predicted molar refractivity (Wildman–Crippen MR) is 66.5 cm³/mol. The van der Waals surface area contributed by atoms with E-state index in [4.69, 9.17) is 17.3 Å². The molecule has 1 aliphatic carbocycles. The summed E-state index contributed by atoms with van der Waals surface area (Å²) in [7, 11) is 0. The fraction of sp³-hybridized carbons (Fsp3) is 0.636. The van der Waals surface area contributed by atoms with Gasteiger partial charge < -0.3 is 11.1 Å². The third-order valence-electron chi connectivity index (χ3n) is 3.31. The number of nitrogens with two attached hydrogens (primary N) is 1. The van der Waals surface area contributed by atoms with Crippen molar-refractivity contribution in [2.24, 2.45) is 5.92 Å². The van der Waals surface area contributed by atoms with E-state index in [0.717, 1.165) is 0 Å². The summed E-state index contributed by atoms with van der Waals surface area (Å²) in [6, 6.07) is 0.385. The molecule has 1 unspecified atom stereocenters. The van der Waals surface area contributed by atoms with Crippen LogP contribution >= 0.6 is 11.6 Å². The van der Waals surface area contributed by atoms with E-state index >= 15 is 0 Å². The van der Waals surface area contributed by atoms with Crippen molar-refractivity contribution >= 4 is 23.1 Å². The largest absolute Gasteiger partial charge is 0.393 e. The van der Waals surface area contributed by atoms with Gasteiger partial charge in [0.1, 0.15) is 12.0 Å². The Balaban J connectivity index is 2.05. The van der Waals surface area contributed by atoms with E-state index in [1.165, 1.54) is 32.0 Å². The van der Waals surface area contributed by atoms with Gasteiger partial charge in [-0.15, -0.1) is 0 Å². The Morgan fingerprint density at radius 2 is 2.12 bits per heavy atom. The van der Waals surface area contributed by atoms with Crippen LogP contribution in [0.2, 0.25) is 5.15 Å². The first kappa shape index (κ1) is 11.5. The number of anilines is 2. The lowest BCUT2D eigenvalue weighted by molar-refractivity contribution is 0.481. The van der Waals surface area contributed by atoms with Gasteiger partial charge in [-0.05, 0) is 25.7 Å². The summed E-state index contributed by atoms with van der Waals surface area (Å²) in [5.74, 6) is 1.37. The topological polar surface area (TPSA) is 63.8 Å². The number of aromatic nitrogens is 2. The van der Waals surface area contributed by atoms with Crippen molar-refractivity contribution in [3.8, 4) is 0 Å². The summed E-state index contributed by atoms with van der Waals surface area (Å²) >= 11 is 5.84. The minimum atomic E-state index is 0.316.